The molecule has 17 heteroatoms. The number of nitriles is 2. The van der Waals surface area contributed by atoms with E-state index in [9.17, 15) is 13.2 Å². The van der Waals surface area contributed by atoms with Crippen LogP contribution in [0.1, 0.15) is 138 Å². The molecule has 4 fully saturated rings. The molecular formula is C40H67F3N4O4P2S4. The van der Waals surface area contributed by atoms with Gasteiger partial charge in [-0.25, -0.2) is 4.67 Å². The summed E-state index contributed by atoms with van der Waals surface area (Å²) in [5.41, 5.74) is 1.35. The summed E-state index contributed by atoms with van der Waals surface area (Å²) >= 11 is 0. The van der Waals surface area contributed by atoms with Crippen LogP contribution in [0.25, 0.3) is 0 Å². The van der Waals surface area contributed by atoms with Gasteiger partial charge in [0.2, 0.25) is 0 Å². The van der Waals surface area contributed by atoms with Crippen LogP contribution in [0, 0.1) is 22.7 Å². The highest BCUT2D eigenvalue weighted by Gasteiger charge is 2.66. The topological polar surface area (TPSA) is 99.8 Å². The van der Waals surface area contributed by atoms with Crippen molar-refractivity contribution in [3.05, 3.63) is 35.9 Å². The molecule has 2 aliphatic heterocycles. The van der Waals surface area contributed by atoms with Gasteiger partial charge in [-0.15, -0.1) is 0 Å². The van der Waals surface area contributed by atoms with Crippen molar-refractivity contribution >= 4 is 60.7 Å². The van der Waals surface area contributed by atoms with Gasteiger partial charge < -0.3 is 23.4 Å². The third-order valence-electron chi connectivity index (χ3n) is 9.20. The first-order valence-corrected chi connectivity index (χ1v) is 26.7. The maximum absolute atomic E-state index is 13.5. The molecule has 0 amide bonds. The van der Waals surface area contributed by atoms with Crippen LogP contribution in [0.5, 0.6) is 0 Å². The summed E-state index contributed by atoms with van der Waals surface area (Å²) in [5.74, 6) is 0. The van der Waals surface area contributed by atoms with E-state index in [2.05, 4.69) is 69.4 Å². The summed E-state index contributed by atoms with van der Waals surface area (Å²) in [7, 11) is 4.55. The highest BCUT2D eigenvalue weighted by atomic mass is 33.1. The van der Waals surface area contributed by atoms with Crippen molar-refractivity contribution in [2.45, 2.75) is 190 Å². The Morgan fingerprint density at radius 1 is 0.825 bits per heavy atom. The fourth-order valence-electron chi connectivity index (χ4n) is 6.75. The van der Waals surface area contributed by atoms with E-state index in [-0.39, 0.29) is 45.0 Å². The molecule has 2 heterocycles. The molecule has 1 aromatic carbocycles. The van der Waals surface area contributed by atoms with E-state index in [0.29, 0.717) is 30.4 Å². The molecule has 0 bridgehead atoms. The lowest BCUT2D eigenvalue weighted by atomic mass is 9.82. The molecule has 0 radical (unpaired) electrons. The fourth-order valence-corrected chi connectivity index (χ4v) is 17.5. The third-order valence-corrected chi connectivity index (χ3v) is 19.4. The normalized spacial score (nSPS) is 23.9. The molecule has 0 aromatic heterocycles. The maximum atomic E-state index is 13.5. The average Bonchev–Trinajstić information content (AvgIpc) is 3.75. The quantitative estimate of drug-likeness (QED) is 0.0971. The Labute approximate surface area is 361 Å². The average molecular weight is 915 g/mol. The minimum absolute atomic E-state index is 0.0274. The Morgan fingerprint density at radius 3 is 1.86 bits per heavy atom. The number of hydrogen-bond acceptors (Lipinski definition) is 12. The van der Waals surface area contributed by atoms with Gasteiger partial charge in [-0.1, -0.05) is 134 Å². The number of hydrogen-bond donors (Lipinski definition) is 1. The van der Waals surface area contributed by atoms with Gasteiger partial charge in [0.25, 0.3) is 8.53 Å². The van der Waals surface area contributed by atoms with E-state index < -0.39 is 30.8 Å². The number of rotatable bonds is 16. The molecule has 2 saturated heterocycles. The Bertz CT molecular complexity index is 1320. The Balaban J connectivity index is 0.000000326. The first kappa shape index (κ1) is 53.1. The lowest BCUT2D eigenvalue weighted by Crippen LogP contribution is -2.43. The van der Waals surface area contributed by atoms with E-state index in [1.165, 1.54) is 48.5 Å². The molecule has 5 rings (SSSR count). The molecule has 8 nitrogen and oxygen atoms in total. The highest BCUT2D eigenvalue weighted by molar-refractivity contribution is 8.78. The van der Waals surface area contributed by atoms with Crippen LogP contribution in [0.2, 0.25) is 0 Å². The molecule has 1 N–H and O–H groups in total. The van der Waals surface area contributed by atoms with Crippen LogP contribution in [0.15, 0.2) is 30.3 Å². The SMILES string of the molecule is CC.CC(C)N(C(C)C)P(OCCC#N)OC1C(C(F)(F)F)SSC12CC2.CC(C)NC(C)C.N#CCCOPOC1[C@H](c2ccccc2)SSC12CCCCC2. The molecule has 1 aromatic rings. The molecule has 2 saturated carbocycles. The van der Waals surface area contributed by atoms with Crippen molar-refractivity contribution in [3.63, 3.8) is 0 Å². The number of benzene rings is 1. The summed E-state index contributed by atoms with van der Waals surface area (Å²) in [6.45, 7) is 21.1. The second-order valence-corrected chi connectivity index (χ2v) is 22.9. The molecule has 326 valence electrons. The summed E-state index contributed by atoms with van der Waals surface area (Å²) < 4.78 is 65.7. The maximum Gasteiger partial charge on any atom is 0.403 e. The molecule has 5 unspecified atom stereocenters. The van der Waals surface area contributed by atoms with Crippen LogP contribution in [-0.4, -0.2) is 75.2 Å². The summed E-state index contributed by atoms with van der Waals surface area (Å²) in [4.78, 5) is 0. The van der Waals surface area contributed by atoms with Crippen LogP contribution < -0.4 is 5.32 Å². The Hall–Kier alpha value is 0.01000. The zero-order valence-electron chi connectivity index (χ0n) is 35.5. The zero-order valence-corrected chi connectivity index (χ0v) is 40.6. The first-order chi connectivity index (χ1) is 27.1. The first-order valence-electron chi connectivity index (χ1n) is 20.3. The molecule has 57 heavy (non-hydrogen) atoms. The smallest absolute Gasteiger partial charge is 0.335 e. The highest BCUT2D eigenvalue weighted by Crippen LogP contribution is 2.70. The second-order valence-electron chi connectivity index (χ2n) is 15.3. The minimum atomic E-state index is -4.30. The number of nitrogens with zero attached hydrogens (tertiary/aromatic N) is 3. The lowest BCUT2D eigenvalue weighted by Gasteiger charge is -2.38. The summed E-state index contributed by atoms with van der Waals surface area (Å²) in [6.07, 6.45) is 3.50. The molecule has 6 atom stereocenters. The number of alkyl halides is 3. The molecular weight excluding hydrogens is 848 g/mol. The van der Waals surface area contributed by atoms with E-state index in [1.807, 2.05) is 73.9 Å². The standard InChI is InChI=1S/C17H22NO2PS2.C15H24F3N2O2PS2.C6H15N.C2H6/c18-12-7-13-19-21-20-16-15(14-8-3-1-4-9-14)22-23-17(16)10-5-2-6-11-17;1-10(2)20(11(3)4)23(21-9-5-8-19)22-12-13(15(16,17)18)24-25-14(12)6-7-14;1-5(2)7-6(3)4;1-2/h1,3-4,8-9,15-16,21H,2,5-7,10-11,13H2;10-13H,5-7,9H2,1-4H3;5-7H,1-4H3;1-2H3/t15-,16?;;;/m0.../s1. The van der Waals surface area contributed by atoms with Crippen molar-refractivity contribution < 1.29 is 31.3 Å². The van der Waals surface area contributed by atoms with Gasteiger partial charge in [0.05, 0.1) is 59.0 Å². The van der Waals surface area contributed by atoms with E-state index in [0.717, 1.165) is 23.6 Å². The van der Waals surface area contributed by atoms with Gasteiger partial charge in [0.1, 0.15) is 11.4 Å². The van der Waals surface area contributed by atoms with E-state index >= 15 is 0 Å². The zero-order chi connectivity index (χ0) is 42.6. The van der Waals surface area contributed by atoms with Gasteiger partial charge in [0.15, 0.2) is 9.03 Å². The van der Waals surface area contributed by atoms with Gasteiger partial charge in [0, 0.05) is 24.2 Å². The molecule has 2 spiro atoms. The third kappa shape index (κ3) is 17.4. The molecule has 2 aliphatic carbocycles. The number of halogens is 3. The summed E-state index contributed by atoms with van der Waals surface area (Å²) in [6, 6.07) is 16.2. The van der Waals surface area contributed by atoms with Gasteiger partial charge in [-0.3, -0.25) is 0 Å². The number of nitrogens with one attached hydrogen (secondary N) is 1. The monoisotopic (exact) mass is 914 g/mol. The van der Waals surface area contributed by atoms with Crippen molar-refractivity contribution in [1.82, 2.24) is 9.99 Å². The Morgan fingerprint density at radius 2 is 1.37 bits per heavy atom. The largest absolute Gasteiger partial charge is 0.403 e. The van der Waals surface area contributed by atoms with Crippen LogP contribution in [0.4, 0.5) is 13.2 Å². The van der Waals surface area contributed by atoms with Crippen LogP contribution >= 0.6 is 60.7 Å². The lowest BCUT2D eigenvalue weighted by molar-refractivity contribution is -0.144. The van der Waals surface area contributed by atoms with Crippen molar-refractivity contribution in [2.24, 2.45) is 0 Å². The minimum Gasteiger partial charge on any atom is -0.335 e. The predicted molar refractivity (Wildman–Crippen MR) is 241 cm³/mol. The van der Waals surface area contributed by atoms with Crippen LogP contribution in [0.3, 0.4) is 0 Å². The van der Waals surface area contributed by atoms with Gasteiger partial charge in [-0.05, 0) is 58.9 Å². The summed E-state index contributed by atoms with van der Waals surface area (Å²) in [5, 5.41) is 19.5. The van der Waals surface area contributed by atoms with Gasteiger partial charge in [-0.2, -0.15) is 23.7 Å². The predicted octanol–water partition coefficient (Wildman–Crippen LogP) is 13.6. The fraction of sp³-hybridized carbons (Fsp3) is 0.800. The van der Waals surface area contributed by atoms with Gasteiger partial charge >= 0.3 is 6.18 Å². The second kappa shape index (κ2) is 27.2. The van der Waals surface area contributed by atoms with Crippen molar-refractivity contribution in [3.8, 4) is 12.1 Å². The van der Waals surface area contributed by atoms with Crippen molar-refractivity contribution in [2.75, 3.05) is 13.2 Å². The Kier molecular flexibility index (Phi) is 25.3. The molecule has 4 aliphatic rings. The van der Waals surface area contributed by atoms with Crippen LogP contribution in [-0.2, 0) is 18.1 Å². The van der Waals surface area contributed by atoms with E-state index in [1.54, 1.807) is 0 Å². The van der Waals surface area contributed by atoms with E-state index in [4.69, 9.17) is 28.6 Å². The van der Waals surface area contributed by atoms with Crippen molar-refractivity contribution in [1.29, 1.82) is 10.5 Å².